The highest BCUT2D eigenvalue weighted by atomic mass is 16.5. The van der Waals surface area contributed by atoms with Gasteiger partial charge in [-0.15, -0.1) is 0 Å². The normalized spacial score (nSPS) is 23.7. The first-order valence-electron chi connectivity index (χ1n) is 8.77. The van der Waals surface area contributed by atoms with Crippen LogP contribution in [0, 0.1) is 0 Å². The predicted octanol–water partition coefficient (Wildman–Crippen LogP) is 2.59. The SMILES string of the molecule is O=C(c1ccnc(C2CC2)n1)N1CCC[C@H]1c1noc(C2CC2)n1. The van der Waals surface area contributed by atoms with Gasteiger partial charge in [-0.05, 0) is 44.6 Å². The molecule has 2 aromatic heterocycles. The molecule has 1 atom stereocenters. The number of nitrogens with zero attached hydrogens (tertiary/aromatic N) is 5. The van der Waals surface area contributed by atoms with Crippen molar-refractivity contribution in [2.45, 2.75) is 56.4 Å². The number of aromatic nitrogens is 4. The first-order valence-corrected chi connectivity index (χ1v) is 8.77. The number of amides is 1. The zero-order chi connectivity index (χ0) is 16.1. The smallest absolute Gasteiger partial charge is 0.273 e. The molecule has 3 fully saturated rings. The van der Waals surface area contributed by atoms with Crippen LogP contribution in [-0.4, -0.2) is 37.5 Å². The quantitative estimate of drug-likeness (QED) is 0.859. The van der Waals surface area contributed by atoms with Crippen LogP contribution in [0.1, 0.15) is 84.4 Å². The Labute approximate surface area is 139 Å². The van der Waals surface area contributed by atoms with Gasteiger partial charge in [0.2, 0.25) is 5.89 Å². The van der Waals surface area contributed by atoms with Crippen molar-refractivity contribution in [3.05, 3.63) is 35.5 Å². The minimum Gasteiger partial charge on any atom is -0.339 e. The molecule has 2 aliphatic carbocycles. The maximum atomic E-state index is 12.9. The first kappa shape index (κ1) is 14.1. The zero-order valence-corrected chi connectivity index (χ0v) is 13.4. The van der Waals surface area contributed by atoms with Gasteiger partial charge in [0.15, 0.2) is 5.82 Å². The first-order chi connectivity index (χ1) is 11.8. The summed E-state index contributed by atoms with van der Waals surface area (Å²) in [6.45, 7) is 0.708. The van der Waals surface area contributed by atoms with Gasteiger partial charge in [0.25, 0.3) is 5.91 Å². The van der Waals surface area contributed by atoms with Crippen molar-refractivity contribution in [2.75, 3.05) is 6.54 Å². The largest absolute Gasteiger partial charge is 0.339 e. The highest BCUT2D eigenvalue weighted by molar-refractivity contribution is 5.92. The van der Waals surface area contributed by atoms with Crippen LogP contribution in [0.2, 0.25) is 0 Å². The second kappa shape index (κ2) is 5.36. The van der Waals surface area contributed by atoms with E-state index in [1.165, 1.54) is 0 Å². The van der Waals surface area contributed by atoms with E-state index in [2.05, 4.69) is 20.1 Å². The van der Waals surface area contributed by atoms with Gasteiger partial charge in [0, 0.05) is 24.6 Å². The van der Waals surface area contributed by atoms with Crippen LogP contribution in [0.3, 0.4) is 0 Å². The highest BCUT2D eigenvalue weighted by Gasteiger charge is 2.37. The van der Waals surface area contributed by atoms with E-state index < -0.39 is 0 Å². The van der Waals surface area contributed by atoms with Gasteiger partial charge in [0.05, 0.1) is 6.04 Å². The summed E-state index contributed by atoms with van der Waals surface area (Å²) < 4.78 is 5.37. The number of hydrogen-bond acceptors (Lipinski definition) is 6. The molecule has 24 heavy (non-hydrogen) atoms. The molecular formula is C17H19N5O2. The van der Waals surface area contributed by atoms with Crippen LogP contribution in [0.5, 0.6) is 0 Å². The van der Waals surface area contributed by atoms with Crippen LogP contribution in [0.4, 0.5) is 0 Å². The van der Waals surface area contributed by atoms with Gasteiger partial charge >= 0.3 is 0 Å². The summed E-state index contributed by atoms with van der Waals surface area (Å²) in [5.41, 5.74) is 0.477. The lowest BCUT2D eigenvalue weighted by atomic mass is 10.2. The minimum absolute atomic E-state index is 0.0560. The summed E-state index contributed by atoms with van der Waals surface area (Å²) in [5.74, 6) is 2.97. The lowest BCUT2D eigenvalue weighted by Gasteiger charge is -2.21. The average Bonchev–Trinajstić information content (AvgIpc) is 3.54. The van der Waals surface area contributed by atoms with Gasteiger partial charge < -0.3 is 9.42 Å². The monoisotopic (exact) mass is 325 g/mol. The summed E-state index contributed by atoms with van der Waals surface area (Å²) in [6.07, 6.45) is 8.01. The average molecular weight is 325 g/mol. The zero-order valence-electron chi connectivity index (χ0n) is 13.4. The van der Waals surface area contributed by atoms with Crippen molar-refractivity contribution in [1.29, 1.82) is 0 Å². The Bertz CT molecular complexity index is 781. The third-order valence-corrected chi connectivity index (χ3v) is 5.03. The fourth-order valence-electron chi connectivity index (χ4n) is 3.34. The van der Waals surface area contributed by atoms with Gasteiger partial charge in [-0.1, -0.05) is 5.16 Å². The fraction of sp³-hybridized carbons (Fsp3) is 0.588. The van der Waals surface area contributed by atoms with Crippen molar-refractivity contribution in [3.63, 3.8) is 0 Å². The Morgan fingerprint density at radius 3 is 2.71 bits per heavy atom. The lowest BCUT2D eigenvalue weighted by Crippen LogP contribution is -2.32. The summed E-state index contributed by atoms with van der Waals surface area (Å²) in [7, 11) is 0. The van der Waals surface area contributed by atoms with Crippen LogP contribution < -0.4 is 0 Å². The van der Waals surface area contributed by atoms with Gasteiger partial charge in [-0.2, -0.15) is 4.98 Å². The van der Waals surface area contributed by atoms with E-state index in [4.69, 9.17) is 4.52 Å². The number of carbonyl (C=O) groups is 1. The van der Waals surface area contributed by atoms with Crippen molar-refractivity contribution in [2.24, 2.45) is 0 Å². The van der Waals surface area contributed by atoms with E-state index in [1.807, 2.05) is 4.90 Å². The van der Waals surface area contributed by atoms with Crippen LogP contribution >= 0.6 is 0 Å². The molecule has 3 heterocycles. The molecule has 0 spiro atoms. The molecule has 0 aromatic carbocycles. The van der Waals surface area contributed by atoms with Crippen molar-refractivity contribution in [1.82, 2.24) is 25.0 Å². The van der Waals surface area contributed by atoms with E-state index >= 15 is 0 Å². The molecule has 0 N–H and O–H groups in total. The van der Waals surface area contributed by atoms with Crippen molar-refractivity contribution < 1.29 is 9.32 Å². The molecule has 2 aromatic rings. The lowest BCUT2D eigenvalue weighted by molar-refractivity contribution is 0.0721. The molecule has 2 saturated carbocycles. The van der Waals surface area contributed by atoms with Gasteiger partial charge in [0.1, 0.15) is 11.5 Å². The Balaban J connectivity index is 1.39. The van der Waals surface area contributed by atoms with E-state index in [0.717, 1.165) is 50.2 Å². The third kappa shape index (κ3) is 2.48. The molecule has 1 aliphatic heterocycles. The van der Waals surface area contributed by atoms with Crippen LogP contribution in [0.25, 0.3) is 0 Å². The maximum absolute atomic E-state index is 12.9. The van der Waals surface area contributed by atoms with Crippen LogP contribution in [0.15, 0.2) is 16.8 Å². The molecule has 7 nitrogen and oxygen atoms in total. The summed E-state index contributed by atoms with van der Waals surface area (Å²) >= 11 is 0. The van der Waals surface area contributed by atoms with Crippen LogP contribution in [-0.2, 0) is 0 Å². The van der Waals surface area contributed by atoms with E-state index in [-0.39, 0.29) is 11.9 Å². The second-order valence-electron chi connectivity index (χ2n) is 7.00. The van der Waals surface area contributed by atoms with Gasteiger partial charge in [-0.25, -0.2) is 9.97 Å². The van der Waals surface area contributed by atoms with Gasteiger partial charge in [-0.3, -0.25) is 4.79 Å². The molecule has 0 unspecified atom stereocenters. The Morgan fingerprint density at radius 1 is 1.08 bits per heavy atom. The highest BCUT2D eigenvalue weighted by Crippen LogP contribution is 2.40. The molecule has 3 aliphatic rings. The predicted molar refractivity (Wildman–Crippen MR) is 83.3 cm³/mol. The Kier molecular flexibility index (Phi) is 3.14. The fourth-order valence-corrected chi connectivity index (χ4v) is 3.34. The van der Waals surface area contributed by atoms with Crippen molar-refractivity contribution in [3.8, 4) is 0 Å². The summed E-state index contributed by atoms with van der Waals surface area (Å²) in [4.78, 5) is 28.1. The second-order valence-corrected chi connectivity index (χ2v) is 7.00. The maximum Gasteiger partial charge on any atom is 0.273 e. The molecular weight excluding hydrogens is 306 g/mol. The Hall–Kier alpha value is -2.31. The molecule has 5 rings (SSSR count). The minimum atomic E-state index is -0.104. The topological polar surface area (TPSA) is 85.0 Å². The molecule has 7 heteroatoms. The number of likely N-dealkylation sites (tertiary alicyclic amines) is 1. The van der Waals surface area contributed by atoms with E-state index in [9.17, 15) is 4.79 Å². The molecule has 1 saturated heterocycles. The standard InChI is InChI=1S/C17H19N5O2/c23-17(12-7-8-18-14(19-12)10-3-4-10)22-9-1-2-13(22)15-20-16(24-21-15)11-5-6-11/h7-8,10-11,13H,1-6,9H2/t13-/m0/s1. The molecule has 0 bridgehead atoms. The summed E-state index contributed by atoms with van der Waals surface area (Å²) in [6, 6.07) is 1.60. The van der Waals surface area contributed by atoms with E-state index in [0.29, 0.717) is 29.9 Å². The number of carbonyl (C=O) groups excluding carboxylic acids is 1. The number of rotatable bonds is 4. The Morgan fingerprint density at radius 2 is 1.92 bits per heavy atom. The summed E-state index contributed by atoms with van der Waals surface area (Å²) in [5, 5.41) is 4.13. The molecule has 0 radical (unpaired) electrons. The van der Waals surface area contributed by atoms with Crippen molar-refractivity contribution >= 4 is 5.91 Å². The third-order valence-electron chi connectivity index (χ3n) is 5.03. The molecule has 1 amide bonds. The molecule has 124 valence electrons. The van der Waals surface area contributed by atoms with E-state index in [1.54, 1.807) is 12.3 Å². The number of hydrogen-bond donors (Lipinski definition) is 0.